The molecule has 1 N–H and O–H groups in total. The number of nitrogens with one attached hydrogen (secondary N) is 1. The summed E-state index contributed by atoms with van der Waals surface area (Å²) in [7, 11) is 0. The van der Waals surface area contributed by atoms with Crippen molar-refractivity contribution >= 4 is 27.8 Å². The van der Waals surface area contributed by atoms with Crippen molar-refractivity contribution in [1.82, 2.24) is 5.32 Å². The molecule has 0 saturated heterocycles. The van der Waals surface area contributed by atoms with E-state index in [4.69, 9.17) is 4.74 Å². The monoisotopic (exact) mass is 265 g/mol. The number of carbonyl (C=O) groups excluding carboxylic acids is 2. The molecule has 4 nitrogen and oxygen atoms in total. The van der Waals surface area contributed by atoms with Crippen LogP contribution in [-0.2, 0) is 14.3 Å². The van der Waals surface area contributed by atoms with Crippen LogP contribution in [0.3, 0.4) is 0 Å². The zero-order valence-electron chi connectivity index (χ0n) is 8.67. The van der Waals surface area contributed by atoms with Gasteiger partial charge in [-0.3, -0.25) is 4.79 Å². The number of rotatable bonds is 5. The predicted molar refractivity (Wildman–Crippen MR) is 57.2 cm³/mol. The van der Waals surface area contributed by atoms with Gasteiger partial charge in [-0.15, -0.1) is 0 Å². The number of hydrogen-bond acceptors (Lipinski definition) is 3. The first-order chi connectivity index (χ1) is 6.52. The molecule has 1 amide bonds. The highest BCUT2D eigenvalue weighted by atomic mass is 79.9. The van der Waals surface area contributed by atoms with Crippen LogP contribution in [0, 0.1) is 5.92 Å². The van der Waals surface area contributed by atoms with Crippen molar-refractivity contribution < 1.29 is 14.3 Å². The average molecular weight is 266 g/mol. The zero-order valence-corrected chi connectivity index (χ0v) is 10.3. The Kier molecular flexibility index (Phi) is 6.53. The molecule has 14 heavy (non-hydrogen) atoms. The van der Waals surface area contributed by atoms with Crippen LogP contribution in [-0.4, -0.2) is 29.9 Å². The molecule has 5 heteroatoms. The molecule has 0 fully saturated rings. The predicted octanol–water partition coefficient (Wildman–Crippen LogP) is 1.09. The van der Waals surface area contributed by atoms with Gasteiger partial charge >= 0.3 is 5.97 Å². The topological polar surface area (TPSA) is 55.4 Å². The Morgan fingerprint density at radius 3 is 2.36 bits per heavy atom. The molecule has 0 aromatic heterocycles. The number of ether oxygens (including phenoxy) is 1. The van der Waals surface area contributed by atoms with Crippen LogP contribution in [0.2, 0.25) is 0 Å². The fourth-order valence-electron chi connectivity index (χ4n) is 0.942. The Balaban J connectivity index is 4.29. The van der Waals surface area contributed by atoms with E-state index in [1.807, 2.05) is 13.8 Å². The van der Waals surface area contributed by atoms with Crippen molar-refractivity contribution in [3.05, 3.63) is 0 Å². The van der Waals surface area contributed by atoms with E-state index in [1.54, 1.807) is 6.92 Å². The van der Waals surface area contributed by atoms with Gasteiger partial charge in [0.15, 0.2) is 0 Å². The SMILES string of the molecule is CCOC(=O)[C@@H](NC(=O)CBr)C(C)C. The Morgan fingerprint density at radius 2 is 2.00 bits per heavy atom. The number of alkyl halides is 1. The summed E-state index contributed by atoms with van der Waals surface area (Å²) in [6.07, 6.45) is 0. The molecule has 0 spiro atoms. The fourth-order valence-corrected chi connectivity index (χ4v) is 1.10. The number of halogens is 1. The molecule has 1 atom stereocenters. The Hall–Kier alpha value is -0.580. The lowest BCUT2D eigenvalue weighted by molar-refractivity contribution is -0.148. The number of amides is 1. The van der Waals surface area contributed by atoms with Gasteiger partial charge in [0.2, 0.25) is 5.91 Å². The first-order valence-corrected chi connectivity index (χ1v) is 5.67. The molecule has 0 aliphatic heterocycles. The Bertz CT molecular complexity index is 206. The molecule has 0 heterocycles. The maximum absolute atomic E-state index is 11.4. The van der Waals surface area contributed by atoms with Crippen molar-refractivity contribution in [2.75, 3.05) is 11.9 Å². The second-order valence-electron chi connectivity index (χ2n) is 3.17. The van der Waals surface area contributed by atoms with Gasteiger partial charge in [0.05, 0.1) is 11.9 Å². The quantitative estimate of drug-likeness (QED) is 0.598. The minimum atomic E-state index is -0.556. The molecule has 0 radical (unpaired) electrons. The molecule has 0 aliphatic carbocycles. The summed E-state index contributed by atoms with van der Waals surface area (Å²) in [5.41, 5.74) is 0. The summed E-state index contributed by atoms with van der Waals surface area (Å²) in [4.78, 5) is 22.5. The molecule has 0 unspecified atom stereocenters. The lowest BCUT2D eigenvalue weighted by atomic mass is 10.0. The molecule has 0 saturated carbocycles. The van der Waals surface area contributed by atoms with Gasteiger partial charge in [-0.1, -0.05) is 29.8 Å². The Labute approximate surface area is 92.5 Å². The minimum Gasteiger partial charge on any atom is -0.464 e. The van der Waals surface area contributed by atoms with Gasteiger partial charge in [-0.05, 0) is 12.8 Å². The van der Waals surface area contributed by atoms with E-state index in [0.29, 0.717) is 6.61 Å². The van der Waals surface area contributed by atoms with Gasteiger partial charge in [0.1, 0.15) is 6.04 Å². The molecule has 0 aromatic carbocycles. The van der Waals surface area contributed by atoms with E-state index in [2.05, 4.69) is 21.2 Å². The molecule has 0 aromatic rings. The highest BCUT2D eigenvalue weighted by Gasteiger charge is 2.24. The largest absolute Gasteiger partial charge is 0.464 e. The molecular weight excluding hydrogens is 250 g/mol. The van der Waals surface area contributed by atoms with Crippen LogP contribution >= 0.6 is 15.9 Å². The summed E-state index contributed by atoms with van der Waals surface area (Å²) < 4.78 is 4.84. The van der Waals surface area contributed by atoms with Gasteiger partial charge in [0.25, 0.3) is 0 Å². The van der Waals surface area contributed by atoms with Gasteiger partial charge in [-0.25, -0.2) is 4.79 Å². The van der Waals surface area contributed by atoms with Crippen LogP contribution in [0.4, 0.5) is 0 Å². The summed E-state index contributed by atoms with van der Waals surface area (Å²) in [5.74, 6) is -0.564. The first kappa shape index (κ1) is 13.4. The lowest BCUT2D eigenvalue weighted by Gasteiger charge is -2.19. The molecule has 0 aliphatic rings. The lowest BCUT2D eigenvalue weighted by Crippen LogP contribution is -2.45. The maximum atomic E-state index is 11.4. The third-order valence-electron chi connectivity index (χ3n) is 1.65. The normalized spacial score (nSPS) is 12.4. The standard InChI is InChI=1S/C9H16BrNO3/c1-4-14-9(13)8(6(2)3)11-7(12)5-10/h6,8H,4-5H2,1-3H3,(H,11,12)/t8-/m0/s1. The van der Waals surface area contributed by atoms with E-state index in [1.165, 1.54) is 0 Å². The van der Waals surface area contributed by atoms with E-state index in [-0.39, 0.29) is 23.1 Å². The number of carbonyl (C=O) groups is 2. The van der Waals surface area contributed by atoms with Crippen LogP contribution in [0.25, 0.3) is 0 Å². The van der Waals surface area contributed by atoms with E-state index < -0.39 is 6.04 Å². The second-order valence-corrected chi connectivity index (χ2v) is 3.74. The summed E-state index contributed by atoms with van der Waals surface area (Å²) in [5, 5.41) is 2.78. The van der Waals surface area contributed by atoms with E-state index in [0.717, 1.165) is 0 Å². The molecule has 82 valence electrons. The average Bonchev–Trinajstić information content (AvgIpc) is 2.13. The zero-order chi connectivity index (χ0) is 11.1. The second kappa shape index (κ2) is 6.81. The number of esters is 1. The van der Waals surface area contributed by atoms with Gasteiger partial charge in [-0.2, -0.15) is 0 Å². The van der Waals surface area contributed by atoms with E-state index >= 15 is 0 Å². The van der Waals surface area contributed by atoms with Crippen LogP contribution in [0.15, 0.2) is 0 Å². The maximum Gasteiger partial charge on any atom is 0.328 e. The van der Waals surface area contributed by atoms with Crippen LogP contribution in [0.1, 0.15) is 20.8 Å². The van der Waals surface area contributed by atoms with Gasteiger partial charge in [0, 0.05) is 0 Å². The smallest absolute Gasteiger partial charge is 0.328 e. The van der Waals surface area contributed by atoms with Crippen LogP contribution < -0.4 is 5.32 Å². The fraction of sp³-hybridized carbons (Fsp3) is 0.778. The van der Waals surface area contributed by atoms with Crippen molar-refractivity contribution in [1.29, 1.82) is 0 Å². The van der Waals surface area contributed by atoms with Crippen molar-refractivity contribution in [3.63, 3.8) is 0 Å². The van der Waals surface area contributed by atoms with Crippen molar-refractivity contribution in [2.45, 2.75) is 26.8 Å². The third kappa shape index (κ3) is 4.60. The highest BCUT2D eigenvalue weighted by molar-refractivity contribution is 9.09. The third-order valence-corrected chi connectivity index (χ3v) is 2.15. The minimum absolute atomic E-state index is 0.0250. The first-order valence-electron chi connectivity index (χ1n) is 4.54. The molecule has 0 rings (SSSR count). The van der Waals surface area contributed by atoms with E-state index in [9.17, 15) is 9.59 Å². The summed E-state index contributed by atoms with van der Waals surface area (Å²) >= 11 is 3.02. The summed E-state index contributed by atoms with van der Waals surface area (Å²) in [6, 6.07) is -0.556. The molecular formula is C9H16BrNO3. The highest BCUT2D eigenvalue weighted by Crippen LogP contribution is 2.04. The van der Waals surface area contributed by atoms with Crippen LogP contribution in [0.5, 0.6) is 0 Å². The van der Waals surface area contributed by atoms with Crippen molar-refractivity contribution in [2.24, 2.45) is 5.92 Å². The van der Waals surface area contributed by atoms with Gasteiger partial charge < -0.3 is 10.1 Å². The Morgan fingerprint density at radius 1 is 1.43 bits per heavy atom. The summed E-state index contributed by atoms with van der Waals surface area (Å²) in [6.45, 7) is 5.78. The van der Waals surface area contributed by atoms with Crippen molar-refractivity contribution in [3.8, 4) is 0 Å². The number of hydrogen-bond donors (Lipinski definition) is 1. The molecule has 0 bridgehead atoms.